The second-order valence-corrected chi connectivity index (χ2v) is 4.80. The zero-order chi connectivity index (χ0) is 15.4. The van der Waals surface area contributed by atoms with Crippen LogP contribution in [0, 0.1) is 0 Å². The van der Waals surface area contributed by atoms with E-state index in [2.05, 4.69) is 5.59 Å². The average Bonchev–Trinajstić information content (AvgIpc) is 2.52. The van der Waals surface area contributed by atoms with Gasteiger partial charge >= 0.3 is 0 Å². The van der Waals surface area contributed by atoms with Crippen LogP contribution in [-0.2, 0) is 9.57 Å². The summed E-state index contributed by atoms with van der Waals surface area (Å²) in [5.74, 6) is 0. The highest BCUT2D eigenvalue weighted by Gasteiger charge is 2.44. The number of para-hydroxylation sites is 1. The molecular formula is C13H20N2O6. The Labute approximate surface area is 122 Å². The van der Waals surface area contributed by atoms with Gasteiger partial charge in [0.05, 0.1) is 12.3 Å². The minimum atomic E-state index is -1.47. The number of hydrogen-bond donors (Lipinski definition) is 5. The van der Waals surface area contributed by atoms with Gasteiger partial charge in [0.25, 0.3) is 0 Å². The first-order valence-corrected chi connectivity index (χ1v) is 6.55. The minimum absolute atomic E-state index is 0.501. The molecule has 2 rings (SSSR count). The fourth-order valence-corrected chi connectivity index (χ4v) is 2.00. The summed E-state index contributed by atoms with van der Waals surface area (Å²) in [4.78, 5) is 5.18. The molecule has 8 heteroatoms. The van der Waals surface area contributed by atoms with Gasteiger partial charge in [-0.05, 0) is 12.1 Å². The Morgan fingerprint density at radius 2 is 1.81 bits per heavy atom. The number of aliphatic hydroxyl groups is 4. The van der Waals surface area contributed by atoms with Gasteiger partial charge < -0.3 is 25.2 Å². The number of nitrogens with one attached hydrogen (secondary N) is 1. The molecule has 0 radical (unpaired) electrons. The van der Waals surface area contributed by atoms with Gasteiger partial charge in [-0.1, -0.05) is 18.2 Å². The lowest BCUT2D eigenvalue weighted by Crippen LogP contribution is -2.60. The van der Waals surface area contributed by atoms with Crippen molar-refractivity contribution < 1.29 is 30.0 Å². The van der Waals surface area contributed by atoms with Crippen LogP contribution >= 0.6 is 0 Å². The molecule has 1 heterocycles. The largest absolute Gasteiger partial charge is 0.394 e. The van der Waals surface area contributed by atoms with E-state index in [1.54, 1.807) is 12.1 Å². The highest BCUT2D eigenvalue weighted by Crippen LogP contribution is 2.21. The van der Waals surface area contributed by atoms with Crippen LogP contribution in [0.5, 0.6) is 0 Å². The van der Waals surface area contributed by atoms with E-state index in [0.29, 0.717) is 0 Å². The molecule has 1 aromatic carbocycles. The third-order valence-electron chi connectivity index (χ3n) is 3.30. The van der Waals surface area contributed by atoms with Crippen molar-refractivity contribution in [2.75, 3.05) is 18.7 Å². The van der Waals surface area contributed by atoms with Gasteiger partial charge in [-0.2, -0.15) is 0 Å². The zero-order valence-electron chi connectivity index (χ0n) is 11.5. The lowest BCUT2D eigenvalue weighted by atomic mass is 9.99. The number of anilines is 1. The Bertz CT molecular complexity index is 432. The molecule has 21 heavy (non-hydrogen) atoms. The van der Waals surface area contributed by atoms with Crippen molar-refractivity contribution in [3.8, 4) is 0 Å². The van der Waals surface area contributed by atoms with Crippen molar-refractivity contribution in [1.29, 1.82) is 0 Å². The molecule has 1 aromatic rings. The maximum atomic E-state index is 9.80. The summed E-state index contributed by atoms with van der Waals surface area (Å²) in [5, 5.41) is 39.7. The highest BCUT2D eigenvalue weighted by atomic mass is 16.8. The second kappa shape index (κ2) is 7.14. The maximum Gasteiger partial charge on any atom is 0.208 e. The van der Waals surface area contributed by atoms with E-state index >= 15 is 0 Å². The third-order valence-corrected chi connectivity index (χ3v) is 3.30. The number of hydrazine groups is 1. The Kier molecular flexibility index (Phi) is 5.48. The zero-order valence-corrected chi connectivity index (χ0v) is 11.5. The maximum absolute atomic E-state index is 9.80. The molecule has 0 unspecified atom stereocenters. The summed E-state index contributed by atoms with van der Waals surface area (Å²) in [6.07, 6.45) is -6.55. The fourth-order valence-electron chi connectivity index (χ4n) is 2.00. The van der Waals surface area contributed by atoms with E-state index in [4.69, 9.17) is 14.7 Å². The molecule has 0 spiro atoms. The van der Waals surface area contributed by atoms with E-state index < -0.39 is 37.3 Å². The van der Waals surface area contributed by atoms with Crippen LogP contribution in [0.15, 0.2) is 30.3 Å². The minimum Gasteiger partial charge on any atom is -0.394 e. The highest BCUT2D eigenvalue weighted by molar-refractivity contribution is 5.43. The van der Waals surface area contributed by atoms with Crippen LogP contribution in [0.25, 0.3) is 0 Å². The molecule has 0 aromatic heterocycles. The standard InChI is InChI=1S/C13H20N2O6/c1-15(8-5-3-2-4-6-8)14-21-13-12(19)11(18)10(17)9(7-16)20-13/h2-6,9-14,16-19H,7H2,1H3/t9-,10-,11+,12-,13+/m0/s1. The van der Waals surface area contributed by atoms with Crippen molar-refractivity contribution in [3.63, 3.8) is 0 Å². The number of nitrogens with zero attached hydrogens (tertiary/aromatic N) is 1. The smallest absolute Gasteiger partial charge is 0.208 e. The van der Waals surface area contributed by atoms with Crippen LogP contribution in [0.2, 0.25) is 0 Å². The number of benzene rings is 1. The van der Waals surface area contributed by atoms with Crippen LogP contribution < -0.4 is 10.6 Å². The van der Waals surface area contributed by atoms with Crippen molar-refractivity contribution in [3.05, 3.63) is 30.3 Å². The fraction of sp³-hybridized carbons (Fsp3) is 0.538. The lowest BCUT2D eigenvalue weighted by molar-refractivity contribution is -0.316. The summed E-state index contributed by atoms with van der Waals surface area (Å²) < 4.78 is 5.20. The van der Waals surface area contributed by atoms with Crippen LogP contribution in [0.3, 0.4) is 0 Å². The number of ether oxygens (including phenoxy) is 1. The Morgan fingerprint density at radius 1 is 1.14 bits per heavy atom. The first-order valence-electron chi connectivity index (χ1n) is 6.55. The van der Waals surface area contributed by atoms with E-state index in [1.165, 1.54) is 0 Å². The summed E-state index contributed by atoms with van der Waals surface area (Å²) in [7, 11) is 1.69. The van der Waals surface area contributed by atoms with Crippen molar-refractivity contribution >= 4 is 5.69 Å². The number of rotatable bonds is 5. The van der Waals surface area contributed by atoms with Gasteiger partial charge in [-0.25, -0.2) is 4.84 Å². The molecule has 1 fully saturated rings. The molecule has 1 aliphatic rings. The van der Waals surface area contributed by atoms with Crippen LogP contribution in [0.1, 0.15) is 0 Å². The molecule has 1 aliphatic heterocycles. The van der Waals surface area contributed by atoms with Crippen molar-refractivity contribution in [1.82, 2.24) is 5.59 Å². The average molecular weight is 300 g/mol. The van der Waals surface area contributed by atoms with E-state index in [9.17, 15) is 15.3 Å². The second-order valence-electron chi connectivity index (χ2n) is 4.80. The molecule has 1 saturated heterocycles. The van der Waals surface area contributed by atoms with Gasteiger partial charge in [-0.3, -0.25) is 5.01 Å². The molecule has 0 amide bonds. The quantitative estimate of drug-likeness (QED) is 0.411. The molecule has 0 aliphatic carbocycles. The van der Waals surface area contributed by atoms with E-state index in [0.717, 1.165) is 5.69 Å². The van der Waals surface area contributed by atoms with Gasteiger partial charge in [0.1, 0.15) is 24.4 Å². The summed E-state index contributed by atoms with van der Waals surface area (Å²) >= 11 is 0. The van der Waals surface area contributed by atoms with Gasteiger partial charge in [0, 0.05) is 7.05 Å². The molecule has 5 atom stereocenters. The SMILES string of the molecule is CN(NO[C@H]1O[C@@H](CO)[C@H](O)[C@@H](O)[C@@H]1O)c1ccccc1. The Morgan fingerprint density at radius 3 is 2.43 bits per heavy atom. The molecule has 118 valence electrons. The predicted molar refractivity (Wildman–Crippen MR) is 72.8 cm³/mol. The Hall–Kier alpha value is -1.26. The first kappa shape index (κ1) is 16.1. The third kappa shape index (κ3) is 3.69. The first-order chi connectivity index (χ1) is 10.0. The predicted octanol–water partition coefficient (Wildman–Crippen LogP) is -1.64. The van der Waals surface area contributed by atoms with E-state index in [-0.39, 0.29) is 0 Å². The topological polar surface area (TPSA) is 115 Å². The summed E-state index contributed by atoms with van der Waals surface area (Å²) in [6, 6.07) is 9.24. The summed E-state index contributed by atoms with van der Waals surface area (Å²) in [5.41, 5.74) is 3.36. The Balaban J connectivity index is 1.93. The summed E-state index contributed by atoms with van der Waals surface area (Å²) in [6.45, 7) is -0.501. The van der Waals surface area contributed by atoms with Gasteiger partial charge in [0.15, 0.2) is 0 Å². The van der Waals surface area contributed by atoms with Gasteiger partial charge in [-0.15, -0.1) is 5.59 Å². The molecular weight excluding hydrogens is 280 g/mol. The number of aliphatic hydroxyl groups excluding tert-OH is 4. The molecule has 0 bridgehead atoms. The lowest BCUT2D eigenvalue weighted by Gasteiger charge is -2.39. The molecule has 8 nitrogen and oxygen atoms in total. The number of hydrogen-bond acceptors (Lipinski definition) is 8. The van der Waals surface area contributed by atoms with Crippen molar-refractivity contribution in [2.45, 2.75) is 30.7 Å². The van der Waals surface area contributed by atoms with Gasteiger partial charge in [0.2, 0.25) is 6.29 Å². The van der Waals surface area contributed by atoms with Crippen molar-refractivity contribution in [2.24, 2.45) is 0 Å². The molecule has 0 saturated carbocycles. The molecule has 5 N–H and O–H groups in total. The van der Waals surface area contributed by atoms with E-state index in [1.807, 2.05) is 30.3 Å². The normalized spacial score (nSPS) is 32.9. The van der Waals surface area contributed by atoms with Crippen LogP contribution in [0.4, 0.5) is 5.69 Å². The van der Waals surface area contributed by atoms with Crippen LogP contribution in [-0.4, -0.2) is 64.8 Å². The monoisotopic (exact) mass is 300 g/mol.